The number of nitrogens with one attached hydrogen (secondary N) is 1. The van der Waals surface area contributed by atoms with Crippen molar-refractivity contribution in [2.75, 3.05) is 0 Å². The predicted octanol–water partition coefficient (Wildman–Crippen LogP) is 2.44. The quantitative estimate of drug-likeness (QED) is 0.744. The molecule has 2 unspecified atom stereocenters. The number of ether oxygens (including phenoxy) is 1. The second kappa shape index (κ2) is 6.64. The van der Waals surface area contributed by atoms with E-state index < -0.39 is 11.7 Å². The van der Waals surface area contributed by atoms with E-state index in [9.17, 15) is 4.79 Å². The summed E-state index contributed by atoms with van der Waals surface area (Å²) in [4.78, 5) is 11.6. The van der Waals surface area contributed by atoms with Crippen LogP contribution in [0.4, 0.5) is 4.79 Å². The van der Waals surface area contributed by atoms with Crippen LogP contribution >= 0.6 is 0 Å². The first-order chi connectivity index (χ1) is 7.61. The first-order valence-corrected chi connectivity index (χ1v) is 6.05. The van der Waals surface area contributed by atoms with Crippen molar-refractivity contribution >= 4 is 6.09 Å². The first-order valence-electron chi connectivity index (χ1n) is 6.05. The molecule has 3 N–H and O–H groups in total. The van der Waals surface area contributed by atoms with Crippen molar-refractivity contribution in [3.05, 3.63) is 12.2 Å². The molecule has 0 saturated heterocycles. The molecule has 0 saturated carbocycles. The van der Waals surface area contributed by atoms with Crippen molar-refractivity contribution in [1.29, 1.82) is 0 Å². The molecule has 0 fully saturated rings. The minimum atomic E-state index is -0.476. The van der Waals surface area contributed by atoms with Crippen molar-refractivity contribution in [2.45, 2.75) is 59.2 Å². The molecule has 0 aliphatic carbocycles. The Morgan fingerprint density at radius 2 is 1.76 bits per heavy atom. The van der Waals surface area contributed by atoms with Crippen molar-refractivity contribution in [2.24, 2.45) is 11.7 Å². The average Bonchev–Trinajstić information content (AvgIpc) is 2.08. The summed E-state index contributed by atoms with van der Waals surface area (Å²) >= 11 is 0. The third-order valence-electron chi connectivity index (χ3n) is 2.02. The van der Waals surface area contributed by atoms with Gasteiger partial charge in [-0.3, -0.25) is 0 Å². The predicted molar refractivity (Wildman–Crippen MR) is 70.8 cm³/mol. The Balaban J connectivity index is 4.41. The van der Waals surface area contributed by atoms with Gasteiger partial charge in [0.15, 0.2) is 0 Å². The van der Waals surface area contributed by atoms with E-state index in [4.69, 9.17) is 10.5 Å². The topological polar surface area (TPSA) is 64.3 Å². The van der Waals surface area contributed by atoms with Crippen molar-refractivity contribution in [3.63, 3.8) is 0 Å². The lowest BCUT2D eigenvalue weighted by Crippen LogP contribution is -2.40. The number of carbonyl (C=O) groups excluding carboxylic acids is 1. The van der Waals surface area contributed by atoms with Crippen LogP contribution in [0.25, 0.3) is 0 Å². The zero-order valence-corrected chi connectivity index (χ0v) is 11.8. The van der Waals surface area contributed by atoms with E-state index in [-0.39, 0.29) is 18.0 Å². The highest BCUT2D eigenvalue weighted by Crippen LogP contribution is 2.09. The molecule has 0 heterocycles. The van der Waals surface area contributed by atoms with Gasteiger partial charge in [0, 0.05) is 6.04 Å². The molecule has 0 aromatic heterocycles. The molecule has 2 atom stereocenters. The maximum atomic E-state index is 11.6. The largest absolute Gasteiger partial charge is 0.444 e. The Hall–Kier alpha value is -1.03. The van der Waals surface area contributed by atoms with Gasteiger partial charge >= 0.3 is 6.09 Å². The van der Waals surface area contributed by atoms with E-state index in [1.54, 1.807) is 0 Å². The van der Waals surface area contributed by atoms with E-state index in [1.165, 1.54) is 0 Å². The average molecular weight is 242 g/mol. The van der Waals surface area contributed by atoms with Gasteiger partial charge in [-0.05, 0) is 33.6 Å². The molecule has 1 amide bonds. The summed E-state index contributed by atoms with van der Waals surface area (Å²) < 4.78 is 5.21. The number of amides is 1. The summed E-state index contributed by atoms with van der Waals surface area (Å²) in [5.41, 5.74) is 5.17. The Kier molecular flexibility index (Phi) is 6.24. The zero-order valence-electron chi connectivity index (χ0n) is 11.8. The van der Waals surface area contributed by atoms with Gasteiger partial charge in [0.1, 0.15) is 5.60 Å². The molecular weight excluding hydrogens is 216 g/mol. The molecule has 4 nitrogen and oxygen atoms in total. The molecule has 4 heteroatoms. The molecule has 0 rings (SSSR count). The molecule has 0 aliphatic rings. The number of carbonyl (C=O) groups is 1. The summed E-state index contributed by atoms with van der Waals surface area (Å²) in [7, 11) is 0. The fourth-order valence-electron chi connectivity index (χ4n) is 1.18. The fraction of sp³-hybridized carbons (Fsp3) is 0.769. The number of nitrogens with two attached hydrogens (primary N) is 1. The molecule has 0 bridgehead atoms. The number of hydrogen-bond donors (Lipinski definition) is 2. The van der Waals surface area contributed by atoms with Crippen molar-refractivity contribution in [1.82, 2.24) is 5.32 Å². The van der Waals surface area contributed by atoms with E-state index in [0.29, 0.717) is 0 Å². The maximum absolute atomic E-state index is 11.6. The third-order valence-corrected chi connectivity index (χ3v) is 2.02. The Morgan fingerprint density at radius 3 is 2.12 bits per heavy atom. The van der Waals surface area contributed by atoms with Crippen LogP contribution in [0.2, 0.25) is 0 Å². The van der Waals surface area contributed by atoms with E-state index in [1.807, 2.05) is 53.7 Å². The van der Waals surface area contributed by atoms with Gasteiger partial charge < -0.3 is 15.8 Å². The highest BCUT2D eigenvalue weighted by molar-refractivity contribution is 5.68. The number of alkyl carbamates (subject to hydrolysis) is 1. The van der Waals surface area contributed by atoms with Gasteiger partial charge in [-0.1, -0.05) is 26.0 Å². The Morgan fingerprint density at radius 1 is 1.24 bits per heavy atom. The Bertz CT molecular complexity index is 265. The van der Waals surface area contributed by atoms with Crippen LogP contribution in [0.1, 0.15) is 41.5 Å². The zero-order chi connectivity index (χ0) is 13.6. The molecular formula is C13H26N2O2. The normalized spacial score (nSPS) is 16.0. The van der Waals surface area contributed by atoms with Gasteiger partial charge in [-0.2, -0.15) is 0 Å². The van der Waals surface area contributed by atoms with E-state index >= 15 is 0 Å². The minimum Gasteiger partial charge on any atom is -0.444 e. The summed E-state index contributed by atoms with van der Waals surface area (Å²) in [6.45, 7) is 11.5. The third kappa shape index (κ3) is 8.74. The minimum absolute atomic E-state index is 0.0170. The van der Waals surface area contributed by atoms with Gasteiger partial charge in [0.2, 0.25) is 0 Å². The number of rotatable bonds is 4. The Labute approximate surface area is 105 Å². The van der Waals surface area contributed by atoms with Crippen LogP contribution in [0.5, 0.6) is 0 Å². The van der Waals surface area contributed by atoms with E-state index in [2.05, 4.69) is 5.32 Å². The molecule has 17 heavy (non-hydrogen) atoms. The van der Waals surface area contributed by atoms with Gasteiger partial charge in [0.25, 0.3) is 0 Å². The lowest BCUT2D eigenvalue weighted by molar-refractivity contribution is 0.0504. The van der Waals surface area contributed by atoms with Crippen LogP contribution in [0.3, 0.4) is 0 Å². The summed E-state index contributed by atoms with van der Waals surface area (Å²) in [6.07, 6.45) is 3.40. The SMILES string of the molecule is CC(N)/C=C/C(NC(=O)OC(C)(C)C)C(C)C. The molecule has 0 spiro atoms. The van der Waals surface area contributed by atoms with Gasteiger partial charge in [-0.25, -0.2) is 4.79 Å². The summed E-state index contributed by atoms with van der Waals surface area (Å²) in [6, 6.07) is -0.0764. The maximum Gasteiger partial charge on any atom is 0.408 e. The summed E-state index contributed by atoms with van der Waals surface area (Å²) in [5, 5.41) is 2.82. The van der Waals surface area contributed by atoms with Crippen LogP contribution < -0.4 is 11.1 Å². The van der Waals surface area contributed by atoms with E-state index in [0.717, 1.165) is 0 Å². The van der Waals surface area contributed by atoms with Gasteiger partial charge in [-0.15, -0.1) is 0 Å². The standard InChI is InChI=1S/C13H26N2O2/c1-9(2)11(8-7-10(3)14)15-12(16)17-13(4,5)6/h7-11H,14H2,1-6H3,(H,15,16)/b8-7+. The monoisotopic (exact) mass is 242 g/mol. The highest BCUT2D eigenvalue weighted by Gasteiger charge is 2.19. The second-order valence-corrected chi connectivity index (χ2v) is 5.66. The van der Waals surface area contributed by atoms with Crippen LogP contribution in [-0.2, 0) is 4.74 Å². The lowest BCUT2D eigenvalue weighted by Gasteiger charge is -2.24. The van der Waals surface area contributed by atoms with Crippen molar-refractivity contribution < 1.29 is 9.53 Å². The molecule has 0 aromatic carbocycles. The summed E-state index contributed by atoms with van der Waals surface area (Å²) in [5.74, 6) is 0.289. The molecule has 0 radical (unpaired) electrons. The van der Waals surface area contributed by atoms with Gasteiger partial charge in [0.05, 0.1) is 6.04 Å². The fourth-order valence-corrected chi connectivity index (χ4v) is 1.18. The van der Waals surface area contributed by atoms with Crippen LogP contribution in [0.15, 0.2) is 12.2 Å². The smallest absolute Gasteiger partial charge is 0.408 e. The lowest BCUT2D eigenvalue weighted by atomic mass is 10.0. The molecule has 0 aliphatic heterocycles. The van der Waals surface area contributed by atoms with Crippen LogP contribution in [0, 0.1) is 5.92 Å². The molecule has 100 valence electrons. The van der Waals surface area contributed by atoms with Crippen molar-refractivity contribution in [3.8, 4) is 0 Å². The number of hydrogen-bond acceptors (Lipinski definition) is 3. The van der Waals surface area contributed by atoms with Crippen LogP contribution in [-0.4, -0.2) is 23.8 Å². The molecule has 0 aromatic rings. The second-order valence-electron chi connectivity index (χ2n) is 5.66. The first kappa shape index (κ1) is 16.0. The highest BCUT2D eigenvalue weighted by atomic mass is 16.6.